The van der Waals surface area contributed by atoms with Crippen LogP contribution in [0.1, 0.15) is 24.2 Å². The molecule has 0 bridgehead atoms. The van der Waals surface area contributed by atoms with E-state index in [9.17, 15) is 4.79 Å². The Balaban J connectivity index is 2.90. The van der Waals surface area contributed by atoms with Crippen LogP contribution in [0, 0.1) is 0 Å². The van der Waals surface area contributed by atoms with Crippen molar-refractivity contribution in [2.45, 2.75) is 19.9 Å². The highest BCUT2D eigenvalue weighted by molar-refractivity contribution is 5.98. The minimum Gasteiger partial charge on any atom is -0.383 e. The van der Waals surface area contributed by atoms with Gasteiger partial charge in [0.1, 0.15) is 5.82 Å². The van der Waals surface area contributed by atoms with Crippen molar-refractivity contribution in [3.8, 4) is 0 Å². The predicted octanol–water partition coefficient (Wildman–Crippen LogP) is 1.16. The Bertz CT molecular complexity index is 382. The number of rotatable bonds is 5. The zero-order valence-corrected chi connectivity index (χ0v) is 10.5. The van der Waals surface area contributed by atoms with Gasteiger partial charge in [0.25, 0.3) is 5.91 Å². The molecule has 0 aliphatic heterocycles. The van der Waals surface area contributed by atoms with Gasteiger partial charge < -0.3 is 15.4 Å². The first-order chi connectivity index (χ1) is 8.11. The van der Waals surface area contributed by atoms with E-state index in [1.807, 2.05) is 13.8 Å². The molecule has 0 radical (unpaired) electrons. The molecule has 94 valence electrons. The van der Waals surface area contributed by atoms with E-state index >= 15 is 0 Å². The van der Waals surface area contributed by atoms with Gasteiger partial charge in [-0.1, -0.05) is 0 Å². The summed E-state index contributed by atoms with van der Waals surface area (Å²) in [7, 11) is 1.62. The number of hydrogen-bond donors (Lipinski definition) is 1. The van der Waals surface area contributed by atoms with E-state index in [0.717, 1.165) is 0 Å². The average molecular weight is 237 g/mol. The molecule has 17 heavy (non-hydrogen) atoms. The second kappa shape index (κ2) is 6.20. The van der Waals surface area contributed by atoms with Gasteiger partial charge in [-0.05, 0) is 26.0 Å². The van der Waals surface area contributed by atoms with Gasteiger partial charge in [-0.2, -0.15) is 0 Å². The first kappa shape index (κ1) is 13.4. The molecule has 0 saturated heterocycles. The number of aromatic nitrogens is 1. The molecule has 0 aliphatic carbocycles. The van der Waals surface area contributed by atoms with Crippen LogP contribution in [0.5, 0.6) is 0 Å². The van der Waals surface area contributed by atoms with Crippen LogP contribution in [0.3, 0.4) is 0 Å². The number of carbonyl (C=O) groups is 1. The lowest BCUT2D eigenvalue weighted by Gasteiger charge is -2.27. The molecule has 1 amide bonds. The molecule has 0 aliphatic rings. The number of pyridine rings is 1. The number of anilines is 1. The number of methoxy groups -OCH3 is 1. The summed E-state index contributed by atoms with van der Waals surface area (Å²) in [4.78, 5) is 17.9. The Morgan fingerprint density at radius 3 is 2.88 bits per heavy atom. The molecule has 1 unspecified atom stereocenters. The monoisotopic (exact) mass is 237 g/mol. The summed E-state index contributed by atoms with van der Waals surface area (Å²) in [5.41, 5.74) is 6.14. The second-order valence-electron chi connectivity index (χ2n) is 3.83. The van der Waals surface area contributed by atoms with Crippen LogP contribution >= 0.6 is 0 Å². The highest BCUT2D eigenvalue weighted by atomic mass is 16.5. The molecule has 2 N–H and O–H groups in total. The molecular weight excluding hydrogens is 218 g/mol. The summed E-state index contributed by atoms with van der Waals surface area (Å²) >= 11 is 0. The van der Waals surface area contributed by atoms with Crippen molar-refractivity contribution < 1.29 is 9.53 Å². The van der Waals surface area contributed by atoms with Crippen LogP contribution in [0.25, 0.3) is 0 Å². The fraction of sp³-hybridized carbons (Fsp3) is 0.500. The molecule has 1 aromatic heterocycles. The third-order valence-electron chi connectivity index (χ3n) is 2.61. The number of likely N-dealkylation sites (N-methyl/N-ethyl adjacent to an activating group) is 1. The standard InChI is InChI=1S/C12H19N3O2/c1-4-15(9(2)8-17-3)12(16)10-6-5-7-14-11(10)13/h5-7,9H,4,8H2,1-3H3,(H2,13,14). The largest absolute Gasteiger partial charge is 0.383 e. The molecule has 0 spiro atoms. The minimum atomic E-state index is -0.109. The Labute approximate surface area is 102 Å². The third-order valence-corrected chi connectivity index (χ3v) is 2.61. The van der Waals surface area contributed by atoms with E-state index in [1.165, 1.54) is 0 Å². The van der Waals surface area contributed by atoms with E-state index in [-0.39, 0.29) is 17.8 Å². The van der Waals surface area contributed by atoms with Gasteiger partial charge in [0.15, 0.2) is 0 Å². The van der Waals surface area contributed by atoms with E-state index < -0.39 is 0 Å². The van der Waals surface area contributed by atoms with Gasteiger partial charge in [-0.25, -0.2) is 4.98 Å². The number of carbonyl (C=O) groups excluding carboxylic acids is 1. The third kappa shape index (κ3) is 3.17. The van der Waals surface area contributed by atoms with Crippen molar-refractivity contribution in [2.24, 2.45) is 0 Å². The topological polar surface area (TPSA) is 68.5 Å². The average Bonchev–Trinajstić information content (AvgIpc) is 2.30. The number of nitrogens with two attached hydrogens (primary N) is 1. The number of nitrogen functional groups attached to an aromatic ring is 1. The Hall–Kier alpha value is -1.62. The molecule has 1 heterocycles. The van der Waals surface area contributed by atoms with E-state index in [1.54, 1.807) is 30.3 Å². The number of nitrogens with zero attached hydrogens (tertiary/aromatic N) is 2. The summed E-state index contributed by atoms with van der Waals surface area (Å²) in [6.07, 6.45) is 1.57. The van der Waals surface area contributed by atoms with Crippen LogP contribution in [0.15, 0.2) is 18.3 Å². The van der Waals surface area contributed by atoms with Crippen LogP contribution in [0.2, 0.25) is 0 Å². The fourth-order valence-corrected chi connectivity index (χ4v) is 1.74. The zero-order valence-electron chi connectivity index (χ0n) is 10.5. The normalized spacial score (nSPS) is 12.2. The van der Waals surface area contributed by atoms with E-state index in [2.05, 4.69) is 4.98 Å². The van der Waals surface area contributed by atoms with Crippen LogP contribution < -0.4 is 5.73 Å². The minimum absolute atomic E-state index is 0.0112. The van der Waals surface area contributed by atoms with Crippen molar-refractivity contribution in [2.75, 3.05) is 26.0 Å². The van der Waals surface area contributed by atoms with Gasteiger partial charge in [0.2, 0.25) is 0 Å². The van der Waals surface area contributed by atoms with Crippen molar-refractivity contribution >= 4 is 11.7 Å². The Morgan fingerprint density at radius 2 is 2.35 bits per heavy atom. The maximum absolute atomic E-state index is 12.3. The van der Waals surface area contributed by atoms with Crippen molar-refractivity contribution in [1.82, 2.24) is 9.88 Å². The van der Waals surface area contributed by atoms with Gasteiger partial charge in [0, 0.05) is 19.9 Å². The first-order valence-corrected chi connectivity index (χ1v) is 5.62. The molecule has 1 rings (SSSR count). The molecule has 1 aromatic rings. The van der Waals surface area contributed by atoms with E-state index in [0.29, 0.717) is 18.7 Å². The predicted molar refractivity (Wildman–Crippen MR) is 66.7 cm³/mol. The first-order valence-electron chi connectivity index (χ1n) is 5.62. The molecule has 0 fully saturated rings. The van der Waals surface area contributed by atoms with E-state index in [4.69, 9.17) is 10.5 Å². The Morgan fingerprint density at radius 1 is 1.65 bits per heavy atom. The van der Waals surface area contributed by atoms with Crippen molar-refractivity contribution in [1.29, 1.82) is 0 Å². The lowest BCUT2D eigenvalue weighted by molar-refractivity contribution is 0.0580. The highest BCUT2D eigenvalue weighted by Crippen LogP contribution is 2.13. The van der Waals surface area contributed by atoms with Gasteiger partial charge in [-0.15, -0.1) is 0 Å². The summed E-state index contributed by atoms with van der Waals surface area (Å²) in [6, 6.07) is 3.41. The molecule has 1 atom stereocenters. The van der Waals surface area contributed by atoms with Gasteiger partial charge >= 0.3 is 0 Å². The van der Waals surface area contributed by atoms with Crippen molar-refractivity contribution in [3.63, 3.8) is 0 Å². The molecule has 0 aromatic carbocycles. The number of hydrogen-bond acceptors (Lipinski definition) is 4. The highest BCUT2D eigenvalue weighted by Gasteiger charge is 2.21. The van der Waals surface area contributed by atoms with Crippen LogP contribution in [-0.4, -0.2) is 42.1 Å². The molecule has 5 nitrogen and oxygen atoms in total. The maximum atomic E-state index is 12.3. The molecule has 5 heteroatoms. The van der Waals surface area contributed by atoms with Gasteiger partial charge in [-0.3, -0.25) is 4.79 Å². The summed E-state index contributed by atoms with van der Waals surface area (Å²) in [5.74, 6) is 0.156. The zero-order chi connectivity index (χ0) is 12.8. The van der Waals surface area contributed by atoms with Gasteiger partial charge in [0.05, 0.1) is 18.2 Å². The number of ether oxygens (including phenoxy) is 1. The maximum Gasteiger partial charge on any atom is 0.257 e. The fourth-order valence-electron chi connectivity index (χ4n) is 1.74. The number of amides is 1. The lowest BCUT2D eigenvalue weighted by atomic mass is 10.2. The molecule has 0 saturated carbocycles. The smallest absolute Gasteiger partial charge is 0.257 e. The summed E-state index contributed by atoms with van der Waals surface area (Å²) in [5, 5.41) is 0. The molecular formula is C12H19N3O2. The van der Waals surface area contributed by atoms with Crippen molar-refractivity contribution in [3.05, 3.63) is 23.9 Å². The van der Waals surface area contributed by atoms with Crippen LogP contribution in [0.4, 0.5) is 5.82 Å². The summed E-state index contributed by atoms with van der Waals surface area (Å²) in [6.45, 7) is 4.98. The quantitative estimate of drug-likeness (QED) is 0.834. The second-order valence-corrected chi connectivity index (χ2v) is 3.83. The summed E-state index contributed by atoms with van der Waals surface area (Å²) < 4.78 is 5.06. The SMILES string of the molecule is CCN(C(=O)c1cccnc1N)C(C)COC. The van der Waals surface area contributed by atoms with Crippen LogP contribution in [-0.2, 0) is 4.74 Å². The lowest BCUT2D eigenvalue weighted by Crippen LogP contribution is -2.41. The Kier molecular flexibility index (Phi) is 4.90.